The fraction of sp³-hybridized carbons (Fsp3) is 0. The van der Waals surface area contributed by atoms with Crippen molar-refractivity contribution in [2.75, 3.05) is 0 Å². The lowest BCUT2D eigenvalue weighted by Gasteiger charge is -2.02. The maximum Gasteiger partial charge on any atom is 0.251 e. The highest BCUT2D eigenvalue weighted by atomic mass is 35.5. The molecular formula is C10H7ClN4O. The van der Waals surface area contributed by atoms with Gasteiger partial charge >= 0.3 is 0 Å². The van der Waals surface area contributed by atoms with E-state index in [1.807, 2.05) is 0 Å². The Labute approximate surface area is 96.3 Å². The van der Waals surface area contributed by atoms with Crippen LogP contribution in [0.3, 0.4) is 0 Å². The lowest BCUT2D eigenvalue weighted by molar-refractivity contribution is 0.1000. The van der Waals surface area contributed by atoms with Crippen LogP contribution in [0.15, 0.2) is 30.6 Å². The Morgan fingerprint density at radius 2 is 2.19 bits per heavy atom. The molecule has 0 aliphatic rings. The Balaban J connectivity index is 2.52. The molecule has 2 rings (SSSR count). The smallest absolute Gasteiger partial charge is 0.251 e. The molecule has 6 heteroatoms. The predicted molar refractivity (Wildman–Crippen MR) is 58.8 cm³/mol. The van der Waals surface area contributed by atoms with Crippen LogP contribution in [-0.2, 0) is 0 Å². The third kappa shape index (κ3) is 1.99. The largest absolute Gasteiger partial charge is 0.366 e. The van der Waals surface area contributed by atoms with Gasteiger partial charge in [0.25, 0.3) is 5.91 Å². The summed E-state index contributed by atoms with van der Waals surface area (Å²) in [7, 11) is 0. The van der Waals surface area contributed by atoms with Crippen LogP contribution in [0.5, 0.6) is 0 Å². The Morgan fingerprint density at radius 3 is 2.81 bits per heavy atom. The van der Waals surface area contributed by atoms with Crippen molar-refractivity contribution in [1.82, 2.24) is 15.2 Å². The third-order valence-electron chi connectivity index (χ3n) is 1.97. The molecule has 0 bridgehead atoms. The van der Waals surface area contributed by atoms with E-state index in [0.717, 1.165) is 5.56 Å². The van der Waals surface area contributed by atoms with Crippen molar-refractivity contribution in [3.63, 3.8) is 0 Å². The van der Waals surface area contributed by atoms with E-state index < -0.39 is 5.91 Å². The van der Waals surface area contributed by atoms with E-state index in [9.17, 15) is 4.79 Å². The number of carbonyl (C=O) groups is 1. The van der Waals surface area contributed by atoms with E-state index in [1.54, 1.807) is 24.5 Å². The second-order valence-corrected chi connectivity index (χ2v) is 3.40. The van der Waals surface area contributed by atoms with Crippen molar-refractivity contribution in [1.29, 1.82) is 0 Å². The van der Waals surface area contributed by atoms with E-state index in [-0.39, 0.29) is 10.7 Å². The van der Waals surface area contributed by atoms with E-state index in [2.05, 4.69) is 15.2 Å². The molecule has 0 aliphatic heterocycles. The Hall–Kier alpha value is -2.01. The number of nitrogens with zero attached hydrogens (tertiary/aromatic N) is 3. The average Bonchev–Trinajstić information content (AvgIpc) is 2.30. The van der Waals surface area contributed by atoms with Gasteiger partial charge in [-0.15, -0.1) is 10.2 Å². The van der Waals surface area contributed by atoms with Crippen LogP contribution < -0.4 is 5.73 Å². The van der Waals surface area contributed by atoms with Crippen LogP contribution in [-0.4, -0.2) is 21.1 Å². The molecule has 2 N–H and O–H groups in total. The topological polar surface area (TPSA) is 81.8 Å². The fourth-order valence-electron chi connectivity index (χ4n) is 1.20. The number of halogens is 1. The number of hydrogen-bond acceptors (Lipinski definition) is 4. The molecule has 0 saturated heterocycles. The highest BCUT2D eigenvalue weighted by molar-refractivity contribution is 6.32. The van der Waals surface area contributed by atoms with Gasteiger partial charge < -0.3 is 5.73 Å². The van der Waals surface area contributed by atoms with Crippen LogP contribution in [0.2, 0.25) is 5.15 Å². The summed E-state index contributed by atoms with van der Waals surface area (Å²) in [5.41, 5.74) is 6.55. The van der Waals surface area contributed by atoms with Crippen molar-refractivity contribution >= 4 is 17.5 Å². The Bertz CT molecular complexity index is 530. The molecule has 0 aromatic carbocycles. The van der Waals surface area contributed by atoms with Crippen LogP contribution in [0, 0.1) is 0 Å². The van der Waals surface area contributed by atoms with Crippen LogP contribution in [0.25, 0.3) is 11.3 Å². The minimum absolute atomic E-state index is 0.000130. The molecule has 5 nitrogen and oxygen atoms in total. The molecule has 2 aromatic rings. The molecule has 16 heavy (non-hydrogen) atoms. The van der Waals surface area contributed by atoms with Gasteiger partial charge in [-0.2, -0.15) is 0 Å². The molecule has 2 heterocycles. The number of nitrogens with two attached hydrogens (primary N) is 1. The summed E-state index contributed by atoms with van der Waals surface area (Å²) in [5, 5.41) is 7.53. The summed E-state index contributed by atoms with van der Waals surface area (Å²) in [6.45, 7) is 0. The maximum absolute atomic E-state index is 11.1. The van der Waals surface area contributed by atoms with Gasteiger partial charge in [-0.25, -0.2) is 0 Å². The molecule has 0 aliphatic carbocycles. The summed E-state index contributed by atoms with van der Waals surface area (Å²) < 4.78 is 0. The number of aromatic nitrogens is 3. The van der Waals surface area contributed by atoms with Crippen molar-refractivity contribution in [2.24, 2.45) is 5.73 Å². The SMILES string of the molecule is NC(=O)c1cc(-c2cccnc2)nnc1Cl. The number of hydrogen-bond donors (Lipinski definition) is 1. The van der Waals surface area contributed by atoms with E-state index >= 15 is 0 Å². The van der Waals surface area contributed by atoms with Crippen LogP contribution in [0.4, 0.5) is 0 Å². The quantitative estimate of drug-likeness (QED) is 0.849. The second-order valence-electron chi connectivity index (χ2n) is 3.04. The molecule has 2 aromatic heterocycles. The normalized spacial score (nSPS) is 10.1. The zero-order chi connectivity index (χ0) is 11.5. The molecule has 0 atom stereocenters. The first-order valence-corrected chi connectivity index (χ1v) is 4.79. The molecular weight excluding hydrogens is 228 g/mol. The summed E-state index contributed by atoms with van der Waals surface area (Å²) >= 11 is 5.69. The van der Waals surface area contributed by atoms with Gasteiger partial charge in [0, 0.05) is 18.0 Å². The number of carbonyl (C=O) groups excluding carboxylic acids is 1. The Kier molecular flexibility index (Phi) is 2.78. The number of amides is 1. The van der Waals surface area contributed by atoms with Crippen molar-refractivity contribution in [2.45, 2.75) is 0 Å². The monoisotopic (exact) mass is 234 g/mol. The summed E-state index contributed by atoms with van der Waals surface area (Å²) in [4.78, 5) is 15.0. The van der Waals surface area contributed by atoms with Gasteiger partial charge in [0.1, 0.15) is 0 Å². The van der Waals surface area contributed by atoms with Gasteiger partial charge in [0.2, 0.25) is 0 Å². The fourth-order valence-corrected chi connectivity index (χ4v) is 1.39. The van der Waals surface area contributed by atoms with Gasteiger partial charge in [0.15, 0.2) is 5.15 Å². The zero-order valence-electron chi connectivity index (χ0n) is 8.09. The second kappa shape index (κ2) is 4.24. The van der Waals surface area contributed by atoms with Crippen molar-refractivity contribution in [3.05, 3.63) is 41.3 Å². The average molecular weight is 235 g/mol. The Morgan fingerprint density at radius 1 is 1.38 bits per heavy atom. The summed E-state index contributed by atoms with van der Waals surface area (Å²) in [6, 6.07) is 5.06. The molecule has 0 spiro atoms. The molecule has 1 amide bonds. The molecule has 80 valence electrons. The lowest BCUT2D eigenvalue weighted by Crippen LogP contribution is -2.13. The minimum Gasteiger partial charge on any atom is -0.366 e. The standard InChI is InChI=1S/C10H7ClN4O/c11-9-7(10(12)16)4-8(14-15-9)6-2-1-3-13-5-6/h1-5H,(H2,12,16). The van der Waals surface area contributed by atoms with Gasteiger partial charge in [-0.3, -0.25) is 9.78 Å². The van der Waals surface area contributed by atoms with E-state index in [1.165, 1.54) is 6.07 Å². The minimum atomic E-state index is -0.634. The first kappa shape index (κ1) is 10.5. The first-order valence-electron chi connectivity index (χ1n) is 4.42. The van der Waals surface area contributed by atoms with Gasteiger partial charge in [-0.05, 0) is 18.2 Å². The molecule has 0 fully saturated rings. The first-order chi connectivity index (χ1) is 7.68. The zero-order valence-corrected chi connectivity index (χ0v) is 8.85. The molecule has 0 unspecified atom stereocenters. The summed E-state index contributed by atoms with van der Waals surface area (Å²) in [5.74, 6) is -0.634. The molecule has 0 saturated carbocycles. The summed E-state index contributed by atoms with van der Waals surface area (Å²) in [6.07, 6.45) is 3.25. The van der Waals surface area contributed by atoms with E-state index in [0.29, 0.717) is 5.69 Å². The van der Waals surface area contributed by atoms with Crippen molar-refractivity contribution in [3.8, 4) is 11.3 Å². The van der Waals surface area contributed by atoms with Gasteiger partial charge in [-0.1, -0.05) is 11.6 Å². The molecule has 0 radical (unpaired) electrons. The predicted octanol–water partition coefficient (Wildman–Crippen LogP) is 1.29. The number of primary amides is 1. The highest BCUT2D eigenvalue weighted by Gasteiger charge is 2.11. The van der Waals surface area contributed by atoms with Crippen molar-refractivity contribution < 1.29 is 4.79 Å². The van der Waals surface area contributed by atoms with E-state index in [4.69, 9.17) is 17.3 Å². The van der Waals surface area contributed by atoms with Gasteiger partial charge in [0.05, 0.1) is 11.3 Å². The number of rotatable bonds is 2. The third-order valence-corrected chi connectivity index (χ3v) is 2.25. The van der Waals surface area contributed by atoms with Crippen LogP contribution in [0.1, 0.15) is 10.4 Å². The highest BCUT2D eigenvalue weighted by Crippen LogP contribution is 2.19. The number of pyridine rings is 1. The van der Waals surface area contributed by atoms with Crippen LogP contribution >= 0.6 is 11.6 Å². The lowest BCUT2D eigenvalue weighted by atomic mass is 10.1. The maximum atomic E-state index is 11.1.